The monoisotopic (exact) mass is 316 g/mol. The standard InChI is InChI=1S/C19H28N2O2/c1-2-16-6-7-17(23-16)13-20-11-9-19(14-20)8-3-10-21(18(19)22)12-15-4-5-15/h6-7,15H,2-5,8-14H2,1H3. The molecule has 23 heavy (non-hydrogen) atoms. The SMILES string of the molecule is CCc1ccc(CN2CCC3(CCCN(CC4CC4)C3=O)C2)o1. The largest absolute Gasteiger partial charge is 0.465 e. The normalized spacial score (nSPS) is 28.9. The summed E-state index contributed by atoms with van der Waals surface area (Å²) in [5.41, 5.74) is -0.104. The van der Waals surface area contributed by atoms with Crippen molar-refractivity contribution in [3.63, 3.8) is 0 Å². The first kappa shape index (κ1) is 15.3. The lowest BCUT2D eigenvalue weighted by Crippen LogP contribution is -2.50. The number of amides is 1. The van der Waals surface area contributed by atoms with Crippen molar-refractivity contribution in [2.45, 2.75) is 52.0 Å². The van der Waals surface area contributed by atoms with Gasteiger partial charge in [0.05, 0.1) is 12.0 Å². The van der Waals surface area contributed by atoms with Crippen LogP contribution in [-0.4, -0.2) is 41.9 Å². The van der Waals surface area contributed by atoms with Crippen molar-refractivity contribution in [1.29, 1.82) is 0 Å². The van der Waals surface area contributed by atoms with Crippen LogP contribution in [0, 0.1) is 11.3 Å². The van der Waals surface area contributed by atoms with Crippen LogP contribution in [0.15, 0.2) is 16.5 Å². The number of piperidine rings is 1. The fourth-order valence-corrected chi connectivity index (χ4v) is 4.33. The molecule has 0 radical (unpaired) electrons. The first-order chi connectivity index (χ1) is 11.2. The lowest BCUT2D eigenvalue weighted by molar-refractivity contribution is -0.146. The van der Waals surface area contributed by atoms with Crippen molar-refractivity contribution in [3.05, 3.63) is 23.7 Å². The van der Waals surface area contributed by atoms with E-state index in [2.05, 4.69) is 28.9 Å². The Morgan fingerprint density at radius 3 is 2.78 bits per heavy atom. The first-order valence-electron chi connectivity index (χ1n) is 9.28. The van der Waals surface area contributed by atoms with Crippen molar-refractivity contribution >= 4 is 5.91 Å². The topological polar surface area (TPSA) is 36.7 Å². The van der Waals surface area contributed by atoms with E-state index in [1.165, 1.54) is 19.3 Å². The van der Waals surface area contributed by atoms with Crippen molar-refractivity contribution in [2.24, 2.45) is 11.3 Å². The van der Waals surface area contributed by atoms with Gasteiger partial charge in [-0.1, -0.05) is 6.92 Å². The predicted octanol–water partition coefficient (Wildman–Crippen LogP) is 3.07. The molecule has 1 aromatic rings. The number of carbonyl (C=O) groups is 1. The molecule has 0 N–H and O–H groups in total. The van der Waals surface area contributed by atoms with Crippen LogP contribution in [0.1, 0.15) is 50.5 Å². The molecule has 1 aliphatic carbocycles. The minimum absolute atomic E-state index is 0.104. The highest BCUT2D eigenvalue weighted by molar-refractivity contribution is 5.84. The van der Waals surface area contributed by atoms with Gasteiger partial charge in [-0.25, -0.2) is 0 Å². The van der Waals surface area contributed by atoms with E-state index in [9.17, 15) is 4.79 Å². The van der Waals surface area contributed by atoms with E-state index < -0.39 is 0 Å². The molecule has 4 nitrogen and oxygen atoms in total. The predicted molar refractivity (Wildman–Crippen MR) is 89.0 cm³/mol. The van der Waals surface area contributed by atoms with Crippen LogP contribution in [0.3, 0.4) is 0 Å². The van der Waals surface area contributed by atoms with Crippen molar-refractivity contribution in [1.82, 2.24) is 9.80 Å². The third kappa shape index (κ3) is 3.06. The van der Waals surface area contributed by atoms with Gasteiger partial charge in [-0.15, -0.1) is 0 Å². The molecule has 3 fully saturated rings. The number of aryl methyl sites for hydroxylation is 1. The Hall–Kier alpha value is -1.29. The Morgan fingerprint density at radius 2 is 2.04 bits per heavy atom. The molecular weight excluding hydrogens is 288 g/mol. The van der Waals surface area contributed by atoms with Crippen molar-refractivity contribution < 1.29 is 9.21 Å². The second-order valence-electron chi connectivity index (χ2n) is 7.76. The number of carbonyl (C=O) groups excluding carboxylic acids is 1. The lowest BCUT2D eigenvalue weighted by atomic mass is 9.78. The van der Waals surface area contributed by atoms with E-state index in [1.54, 1.807) is 0 Å². The highest BCUT2D eigenvalue weighted by atomic mass is 16.3. The van der Waals surface area contributed by atoms with Gasteiger partial charge in [0.1, 0.15) is 11.5 Å². The first-order valence-corrected chi connectivity index (χ1v) is 9.28. The Bertz CT molecular complexity index is 578. The number of hydrogen-bond acceptors (Lipinski definition) is 3. The van der Waals surface area contributed by atoms with Crippen LogP contribution in [-0.2, 0) is 17.8 Å². The summed E-state index contributed by atoms with van der Waals surface area (Å²) in [6.45, 7) is 6.88. The summed E-state index contributed by atoms with van der Waals surface area (Å²) in [6.07, 6.45) is 6.85. The Balaban J connectivity index is 1.40. The number of rotatable bonds is 5. The number of likely N-dealkylation sites (tertiary alicyclic amines) is 2. The van der Waals surface area contributed by atoms with Crippen LogP contribution in [0.25, 0.3) is 0 Å². The van der Waals surface area contributed by atoms with Crippen LogP contribution < -0.4 is 0 Å². The summed E-state index contributed by atoms with van der Waals surface area (Å²) in [4.78, 5) is 17.6. The molecule has 1 unspecified atom stereocenters. The average Bonchev–Trinajstić information content (AvgIpc) is 3.10. The van der Waals surface area contributed by atoms with Crippen molar-refractivity contribution in [3.8, 4) is 0 Å². The Labute approximate surface area is 138 Å². The maximum absolute atomic E-state index is 13.0. The molecule has 1 amide bonds. The minimum atomic E-state index is -0.104. The molecule has 0 aromatic carbocycles. The van der Waals surface area contributed by atoms with E-state index in [0.717, 1.165) is 69.4 Å². The maximum atomic E-state index is 13.0. The Morgan fingerprint density at radius 1 is 1.22 bits per heavy atom. The molecule has 126 valence electrons. The number of hydrogen-bond donors (Lipinski definition) is 0. The zero-order valence-electron chi connectivity index (χ0n) is 14.2. The van der Waals surface area contributed by atoms with Gasteiger partial charge >= 0.3 is 0 Å². The molecule has 1 saturated carbocycles. The van der Waals surface area contributed by atoms with E-state index in [-0.39, 0.29) is 5.41 Å². The van der Waals surface area contributed by atoms with E-state index in [0.29, 0.717) is 5.91 Å². The average molecular weight is 316 g/mol. The summed E-state index contributed by atoms with van der Waals surface area (Å²) in [5, 5.41) is 0. The molecule has 1 atom stereocenters. The smallest absolute Gasteiger partial charge is 0.230 e. The molecule has 4 rings (SSSR count). The second kappa shape index (κ2) is 5.97. The van der Waals surface area contributed by atoms with Gasteiger partial charge in [0.25, 0.3) is 0 Å². The van der Waals surface area contributed by atoms with Gasteiger partial charge in [-0.3, -0.25) is 9.69 Å². The van der Waals surface area contributed by atoms with Gasteiger partial charge in [0, 0.05) is 26.1 Å². The van der Waals surface area contributed by atoms with E-state index in [1.807, 2.05) is 0 Å². The zero-order chi connectivity index (χ0) is 15.9. The van der Waals surface area contributed by atoms with Crippen LogP contribution >= 0.6 is 0 Å². The maximum Gasteiger partial charge on any atom is 0.230 e. The number of nitrogens with zero attached hydrogens (tertiary/aromatic N) is 2. The molecule has 0 bridgehead atoms. The van der Waals surface area contributed by atoms with Gasteiger partial charge in [0.15, 0.2) is 0 Å². The third-order valence-electron chi connectivity index (χ3n) is 5.88. The van der Waals surface area contributed by atoms with Gasteiger partial charge in [0.2, 0.25) is 5.91 Å². The quantitative estimate of drug-likeness (QED) is 0.838. The minimum Gasteiger partial charge on any atom is -0.465 e. The van der Waals surface area contributed by atoms with Crippen LogP contribution in [0.2, 0.25) is 0 Å². The second-order valence-corrected chi connectivity index (χ2v) is 7.76. The summed E-state index contributed by atoms with van der Waals surface area (Å²) < 4.78 is 5.84. The molecule has 2 saturated heterocycles. The highest BCUT2D eigenvalue weighted by Gasteiger charge is 2.48. The molecule has 1 spiro atoms. The molecule has 3 heterocycles. The molecule has 2 aliphatic heterocycles. The summed E-state index contributed by atoms with van der Waals surface area (Å²) in [6, 6.07) is 4.16. The molecular formula is C19H28N2O2. The zero-order valence-corrected chi connectivity index (χ0v) is 14.2. The summed E-state index contributed by atoms with van der Waals surface area (Å²) >= 11 is 0. The van der Waals surface area contributed by atoms with Gasteiger partial charge in [-0.2, -0.15) is 0 Å². The van der Waals surface area contributed by atoms with Crippen molar-refractivity contribution in [2.75, 3.05) is 26.2 Å². The van der Waals surface area contributed by atoms with Crippen LogP contribution in [0.4, 0.5) is 0 Å². The molecule has 4 heteroatoms. The summed E-state index contributed by atoms with van der Waals surface area (Å²) in [7, 11) is 0. The van der Waals surface area contributed by atoms with Gasteiger partial charge < -0.3 is 9.32 Å². The summed E-state index contributed by atoms with van der Waals surface area (Å²) in [5.74, 6) is 3.32. The van der Waals surface area contributed by atoms with E-state index >= 15 is 0 Å². The van der Waals surface area contributed by atoms with E-state index in [4.69, 9.17) is 4.42 Å². The molecule has 1 aromatic heterocycles. The number of furan rings is 1. The fourth-order valence-electron chi connectivity index (χ4n) is 4.33. The third-order valence-corrected chi connectivity index (χ3v) is 5.88. The fraction of sp³-hybridized carbons (Fsp3) is 0.737. The Kier molecular flexibility index (Phi) is 3.96. The molecule has 3 aliphatic rings. The van der Waals surface area contributed by atoms with Gasteiger partial charge in [-0.05, 0) is 56.7 Å². The van der Waals surface area contributed by atoms with Crippen LogP contribution in [0.5, 0.6) is 0 Å². The lowest BCUT2D eigenvalue weighted by Gasteiger charge is -2.39. The highest BCUT2D eigenvalue weighted by Crippen LogP contribution is 2.42.